The topological polar surface area (TPSA) is 50.2 Å². The SMILES string of the molecule is Cc1nc(C(=O)O)c(C)c(C)c1C. The highest BCUT2D eigenvalue weighted by Gasteiger charge is 2.13. The van der Waals surface area contributed by atoms with Crippen molar-refractivity contribution in [3.05, 3.63) is 28.1 Å². The molecule has 1 aromatic rings. The van der Waals surface area contributed by atoms with Crippen molar-refractivity contribution in [2.45, 2.75) is 27.7 Å². The molecule has 1 N–H and O–H groups in total. The van der Waals surface area contributed by atoms with Crippen molar-refractivity contribution in [3.8, 4) is 0 Å². The average Bonchev–Trinajstić information content (AvgIpc) is 2.07. The van der Waals surface area contributed by atoms with E-state index >= 15 is 0 Å². The van der Waals surface area contributed by atoms with Crippen LogP contribution in [0, 0.1) is 27.7 Å². The number of rotatable bonds is 1. The van der Waals surface area contributed by atoms with Gasteiger partial charge in [0.05, 0.1) is 0 Å². The summed E-state index contributed by atoms with van der Waals surface area (Å²) in [5, 5.41) is 8.84. The summed E-state index contributed by atoms with van der Waals surface area (Å²) >= 11 is 0. The molecule has 0 amide bonds. The Morgan fingerprint density at radius 2 is 1.62 bits per heavy atom. The van der Waals surface area contributed by atoms with Crippen molar-refractivity contribution in [1.29, 1.82) is 0 Å². The molecule has 70 valence electrons. The molecule has 1 rings (SSSR count). The number of carbonyl (C=O) groups is 1. The molecule has 0 aliphatic rings. The summed E-state index contributed by atoms with van der Waals surface area (Å²) < 4.78 is 0. The third-order valence-corrected chi connectivity index (χ3v) is 2.50. The fourth-order valence-corrected chi connectivity index (χ4v) is 1.27. The van der Waals surface area contributed by atoms with Crippen molar-refractivity contribution in [2.75, 3.05) is 0 Å². The van der Waals surface area contributed by atoms with E-state index in [1.165, 1.54) is 0 Å². The van der Waals surface area contributed by atoms with E-state index in [1.54, 1.807) is 6.92 Å². The Bertz CT molecular complexity index is 370. The van der Waals surface area contributed by atoms with Crippen molar-refractivity contribution >= 4 is 5.97 Å². The lowest BCUT2D eigenvalue weighted by Crippen LogP contribution is -2.08. The van der Waals surface area contributed by atoms with Crippen LogP contribution in [-0.2, 0) is 0 Å². The van der Waals surface area contributed by atoms with Crippen LogP contribution in [0.3, 0.4) is 0 Å². The van der Waals surface area contributed by atoms with Gasteiger partial charge in [-0.15, -0.1) is 0 Å². The molecule has 13 heavy (non-hydrogen) atoms. The van der Waals surface area contributed by atoms with Gasteiger partial charge in [-0.25, -0.2) is 9.78 Å². The average molecular weight is 179 g/mol. The number of pyridine rings is 1. The molecule has 0 atom stereocenters. The summed E-state index contributed by atoms with van der Waals surface area (Å²) in [6.45, 7) is 7.49. The van der Waals surface area contributed by atoms with Crippen LogP contribution in [0.2, 0.25) is 0 Å². The summed E-state index contributed by atoms with van der Waals surface area (Å²) in [6, 6.07) is 0. The predicted octanol–water partition coefficient (Wildman–Crippen LogP) is 2.01. The van der Waals surface area contributed by atoms with Gasteiger partial charge in [0.15, 0.2) is 5.69 Å². The fraction of sp³-hybridized carbons (Fsp3) is 0.400. The first kappa shape index (κ1) is 9.71. The molecular formula is C10H13NO2. The second kappa shape index (κ2) is 3.17. The molecule has 1 heterocycles. The van der Waals surface area contributed by atoms with Crippen molar-refractivity contribution in [2.24, 2.45) is 0 Å². The molecule has 0 saturated carbocycles. The molecule has 0 spiro atoms. The monoisotopic (exact) mass is 179 g/mol. The Morgan fingerprint density at radius 3 is 2.08 bits per heavy atom. The largest absolute Gasteiger partial charge is 0.477 e. The van der Waals surface area contributed by atoms with Crippen LogP contribution in [0.25, 0.3) is 0 Å². The number of hydrogen-bond donors (Lipinski definition) is 1. The first-order valence-corrected chi connectivity index (χ1v) is 4.12. The molecule has 0 radical (unpaired) electrons. The Hall–Kier alpha value is -1.38. The zero-order valence-corrected chi connectivity index (χ0v) is 8.30. The van der Waals surface area contributed by atoms with Gasteiger partial charge < -0.3 is 5.11 Å². The summed E-state index contributed by atoms with van der Waals surface area (Å²) in [5.41, 5.74) is 3.81. The maximum absolute atomic E-state index is 10.8. The normalized spacial score (nSPS) is 10.2. The summed E-state index contributed by atoms with van der Waals surface area (Å²) in [5.74, 6) is -0.955. The second-order valence-corrected chi connectivity index (χ2v) is 3.23. The Labute approximate surface area is 77.4 Å². The minimum atomic E-state index is -0.955. The van der Waals surface area contributed by atoms with E-state index in [2.05, 4.69) is 4.98 Å². The third-order valence-electron chi connectivity index (χ3n) is 2.50. The summed E-state index contributed by atoms with van der Waals surface area (Å²) in [7, 11) is 0. The molecule has 3 heteroatoms. The Kier molecular flexibility index (Phi) is 2.36. The van der Waals surface area contributed by atoms with E-state index in [0.717, 1.165) is 22.4 Å². The van der Waals surface area contributed by atoms with Gasteiger partial charge in [0.25, 0.3) is 0 Å². The fourth-order valence-electron chi connectivity index (χ4n) is 1.27. The number of carboxylic acid groups (broad SMARTS) is 1. The van der Waals surface area contributed by atoms with Crippen LogP contribution in [0.4, 0.5) is 0 Å². The minimum absolute atomic E-state index is 0.167. The van der Waals surface area contributed by atoms with Gasteiger partial charge in [-0.3, -0.25) is 0 Å². The quantitative estimate of drug-likeness (QED) is 0.717. The van der Waals surface area contributed by atoms with Crippen molar-refractivity contribution < 1.29 is 9.90 Å². The molecular weight excluding hydrogens is 166 g/mol. The number of carboxylic acids is 1. The standard InChI is InChI=1S/C10H13NO2/c1-5-6(2)8(4)11-9(7(5)3)10(12)13/h1-4H3,(H,12,13). The van der Waals surface area contributed by atoms with Gasteiger partial charge in [0, 0.05) is 5.69 Å². The number of aromatic nitrogens is 1. The van der Waals surface area contributed by atoms with Crippen molar-refractivity contribution in [3.63, 3.8) is 0 Å². The number of hydrogen-bond acceptors (Lipinski definition) is 2. The molecule has 0 bridgehead atoms. The van der Waals surface area contributed by atoms with Crippen LogP contribution < -0.4 is 0 Å². The summed E-state index contributed by atoms with van der Waals surface area (Å²) in [4.78, 5) is 14.8. The van der Waals surface area contributed by atoms with Gasteiger partial charge in [-0.2, -0.15) is 0 Å². The maximum Gasteiger partial charge on any atom is 0.354 e. The van der Waals surface area contributed by atoms with Crippen LogP contribution in [0.15, 0.2) is 0 Å². The molecule has 0 fully saturated rings. The van der Waals surface area contributed by atoms with Crippen LogP contribution in [-0.4, -0.2) is 16.1 Å². The smallest absolute Gasteiger partial charge is 0.354 e. The van der Waals surface area contributed by atoms with E-state index in [9.17, 15) is 4.79 Å². The lowest BCUT2D eigenvalue weighted by molar-refractivity contribution is 0.0689. The van der Waals surface area contributed by atoms with Crippen LogP contribution in [0.5, 0.6) is 0 Å². The number of nitrogens with zero attached hydrogens (tertiary/aromatic N) is 1. The van der Waals surface area contributed by atoms with E-state index in [-0.39, 0.29) is 5.69 Å². The van der Waals surface area contributed by atoms with E-state index in [4.69, 9.17) is 5.11 Å². The second-order valence-electron chi connectivity index (χ2n) is 3.23. The molecule has 0 saturated heterocycles. The molecule has 0 unspecified atom stereocenters. The lowest BCUT2D eigenvalue weighted by Gasteiger charge is -2.09. The lowest BCUT2D eigenvalue weighted by atomic mass is 10.0. The van der Waals surface area contributed by atoms with Gasteiger partial charge in [-0.05, 0) is 44.4 Å². The predicted molar refractivity (Wildman–Crippen MR) is 50.1 cm³/mol. The van der Waals surface area contributed by atoms with Crippen molar-refractivity contribution in [1.82, 2.24) is 4.98 Å². The van der Waals surface area contributed by atoms with E-state index < -0.39 is 5.97 Å². The zero-order chi connectivity index (χ0) is 10.2. The Balaban J connectivity index is 3.50. The van der Waals surface area contributed by atoms with Gasteiger partial charge in [0.2, 0.25) is 0 Å². The van der Waals surface area contributed by atoms with E-state index in [0.29, 0.717) is 0 Å². The van der Waals surface area contributed by atoms with E-state index in [1.807, 2.05) is 20.8 Å². The number of aryl methyl sites for hydroxylation is 1. The third kappa shape index (κ3) is 1.54. The maximum atomic E-state index is 10.8. The minimum Gasteiger partial charge on any atom is -0.477 e. The van der Waals surface area contributed by atoms with Crippen LogP contribution in [0.1, 0.15) is 32.9 Å². The highest BCUT2D eigenvalue weighted by Crippen LogP contribution is 2.17. The zero-order valence-electron chi connectivity index (χ0n) is 8.30. The van der Waals surface area contributed by atoms with Gasteiger partial charge >= 0.3 is 5.97 Å². The highest BCUT2D eigenvalue weighted by atomic mass is 16.4. The van der Waals surface area contributed by atoms with Crippen LogP contribution >= 0.6 is 0 Å². The van der Waals surface area contributed by atoms with Gasteiger partial charge in [-0.1, -0.05) is 0 Å². The first-order chi connectivity index (χ1) is 5.95. The Morgan fingerprint density at radius 1 is 1.08 bits per heavy atom. The molecule has 0 aromatic carbocycles. The molecule has 1 aromatic heterocycles. The molecule has 0 aliphatic carbocycles. The molecule has 3 nitrogen and oxygen atoms in total. The molecule has 0 aliphatic heterocycles. The van der Waals surface area contributed by atoms with Gasteiger partial charge in [0.1, 0.15) is 0 Å². The highest BCUT2D eigenvalue weighted by molar-refractivity contribution is 5.87. The number of aromatic carboxylic acids is 1. The summed E-state index contributed by atoms with van der Waals surface area (Å²) in [6.07, 6.45) is 0. The first-order valence-electron chi connectivity index (χ1n) is 4.12.